The first-order valence-corrected chi connectivity index (χ1v) is 7.28. The number of carbonyl (C=O) groups excluding carboxylic acids is 2. The molecule has 0 fully saturated rings. The van der Waals surface area contributed by atoms with Crippen LogP contribution in [0.3, 0.4) is 0 Å². The Bertz CT molecular complexity index is 712. The lowest BCUT2D eigenvalue weighted by Crippen LogP contribution is -2.15. The van der Waals surface area contributed by atoms with E-state index in [0.29, 0.717) is 34.4 Å². The normalized spacial score (nSPS) is 10.2. The molecular formula is C16H17ClN2O4. The predicted molar refractivity (Wildman–Crippen MR) is 87.6 cm³/mol. The summed E-state index contributed by atoms with van der Waals surface area (Å²) >= 11 is 6.02. The third-order valence-corrected chi connectivity index (χ3v) is 3.61. The number of hydrogen-bond donors (Lipinski definition) is 1. The Morgan fingerprint density at radius 2 is 2.04 bits per heavy atom. The van der Waals surface area contributed by atoms with Crippen LogP contribution in [0.25, 0.3) is 0 Å². The van der Waals surface area contributed by atoms with E-state index in [0.717, 1.165) is 6.29 Å². The van der Waals surface area contributed by atoms with E-state index >= 15 is 0 Å². The molecule has 1 amide bonds. The van der Waals surface area contributed by atoms with Gasteiger partial charge in [0.25, 0.3) is 0 Å². The smallest absolute Gasteiger partial charge is 0.226 e. The van der Waals surface area contributed by atoms with Crippen LogP contribution in [-0.2, 0) is 11.3 Å². The van der Waals surface area contributed by atoms with E-state index in [1.165, 1.54) is 14.2 Å². The van der Waals surface area contributed by atoms with E-state index in [1.54, 1.807) is 35.0 Å². The highest BCUT2D eigenvalue weighted by Gasteiger charge is 2.13. The Hall–Kier alpha value is -2.47. The van der Waals surface area contributed by atoms with Crippen molar-refractivity contribution in [3.63, 3.8) is 0 Å². The Morgan fingerprint density at radius 1 is 1.30 bits per heavy atom. The number of aromatic nitrogens is 1. The van der Waals surface area contributed by atoms with Gasteiger partial charge in [0.05, 0.1) is 30.6 Å². The van der Waals surface area contributed by atoms with Crippen LogP contribution in [0.5, 0.6) is 11.5 Å². The quantitative estimate of drug-likeness (QED) is 0.789. The molecule has 2 aromatic rings. The number of rotatable bonds is 7. The third kappa shape index (κ3) is 4.04. The van der Waals surface area contributed by atoms with Gasteiger partial charge in [-0.05, 0) is 12.1 Å². The average Bonchev–Trinajstić information content (AvgIpc) is 3.01. The molecule has 0 radical (unpaired) electrons. The molecule has 2 rings (SSSR count). The van der Waals surface area contributed by atoms with Crippen LogP contribution < -0.4 is 14.8 Å². The summed E-state index contributed by atoms with van der Waals surface area (Å²) in [7, 11) is 2.98. The maximum atomic E-state index is 12.1. The van der Waals surface area contributed by atoms with Crippen LogP contribution in [0.1, 0.15) is 16.9 Å². The number of amides is 1. The molecular weight excluding hydrogens is 320 g/mol. The Balaban J connectivity index is 2.06. The maximum absolute atomic E-state index is 12.1. The van der Waals surface area contributed by atoms with Gasteiger partial charge < -0.3 is 19.4 Å². The molecule has 0 saturated heterocycles. The largest absolute Gasteiger partial charge is 0.495 e. The molecule has 1 aromatic carbocycles. The molecule has 23 heavy (non-hydrogen) atoms. The monoisotopic (exact) mass is 336 g/mol. The van der Waals surface area contributed by atoms with Gasteiger partial charge in [-0.25, -0.2) is 0 Å². The van der Waals surface area contributed by atoms with Crippen molar-refractivity contribution < 1.29 is 19.1 Å². The molecule has 0 atom stereocenters. The van der Waals surface area contributed by atoms with Gasteiger partial charge in [-0.3, -0.25) is 9.59 Å². The van der Waals surface area contributed by atoms with E-state index in [9.17, 15) is 9.59 Å². The van der Waals surface area contributed by atoms with Crippen molar-refractivity contribution in [2.75, 3.05) is 19.5 Å². The second-order valence-corrected chi connectivity index (χ2v) is 5.14. The second-order valence-electron chi connectivity index (χ2n) is 4.73. The van der Waals surface area contributed by atoms with Gasteiger partial charge in [-0.15, -0.1) is 0 Å². The topological polar surface area (TPSA) is 69.6 Å². The maximum Gasteiger partial charge on any atom is 0.226 e. The number of benzene rings is 1. The number of ether oxygens (including phenoxy) is 2. The lowest BCUT2D eigenvalue weighted by Gasteiger charge is -2.13. The highest BCUT2D eigenvalue weighted by molar-refractivity contribution is 6.32. The summed E-state index contributed by atoms with van der Waals surface area (Å²) in [6.07, 6.45) is 2.72. The molecule has 0 aliphatic heterocycles. The van der Waals surface area contributed by atoms with Crippen LogP contribution in [0.15, 0.2) is 30.5 Å². The highest BCUT2D eigenvalue weighted by atomic mass is 35.5. The minimum absolute atomic E-state index is 0.210. The predicted octanol–water partition coefficient (Wildman–Crippen LogP) is 3.00. The number of anilines is 1. The zero-order valence-corrected chi connectivity index (χ0v) is 13.6. The summed E-state index contributed by atoms with van der Waals surface area (Å²) in [5.41, 5.74) is 1.01. The van der Waals surface area contributed by atoms with Crippen molar-refractivity contribution in [3.8, 4) is 11.5 Å². The summed E-state index contributed by atoms with van der Waals surface area (Å²) in [4.78, 5) is 23.0. The van der Waals surface area contributed by atoms with Gasteiger partial charge in [0.15, 0.2) is 6.29 Å². The number of nitrogens with one attached hydrogen (secondary N) is 1. The zero-order chi connectivity index (χ0) is 16.8. The first-order chi connectivity index (χ1) is 11.1. The number of halogens is 1. The van der Waals surface area contributed by atoms with Crippen molar-refractivity contribution in [1.29, 1.82) is 0 Å². The molecule has 0 spiro atoms. The molecule has 1 aromatic heterocycles. The number of carbonyl (C=O) groups is 2. The van der Waals surface area contributed by atoms with Crippen LogP contribution >= 0.6 is 11.6 Å². The summed E-state index contributed by atoms with van der Waals surface area (Å²) < 4.78 is 12.1. The molecule has 0 bridgehead atoms. The minimum Gasteiger partial charge on any atom is -0.495 e. The number of nitrogens with zero attached hydrogens (tertiary/aromatic N) is 1. The first kappa shape index (κ1) is 16.9. The molecule has 122 valence electrons. The molecule has 1 heterocycles. The van der Waals surface area contributed by atoms with Crippen LogP contribution in [0, 0.1) is 0 Å². The van der Waals surface area contributed by atoms with Crippen LogP contribution in [-0.4, -0.2) is 31.0 Å². The fourth-order valence-corrected chi connectivity index (χ4v) is 2.36. The van der Waals surface area contributed by atoms with Crippen molar-refractivity contribution in [2.24, 2.45) is 0 Å². The zero-order valence-electron chi connectivity index (χ0n) is 12.8. The van der Waals surface area contributed by atoms with E-state index < -0.39 is 0 Å². The molecule has 1 N–H and O–H groups in total. The van der Waals surface area contributed by atoms with Gasteiger partial charge in [-0.2, -0.15) is 0 Å². The Labute approximate surface area is 139 Å². The molecule has 0 aliphatic carbocycles. The number of aryl methyl sites for hydroxylation is 1. The molecule has 0 saturated carbocycles. The van der Waals surface area contributed by atoms with Crippen LogP contribution in [0.4, 0.5) is 5.69 Å². The number of aldehydes is 1. The van der Waals surface area contributed by atoms with E-state index in [4.69, 9.17) is 21.1 Å². The summed E-state index contributed by atoms with van der Waals surface area (Å²) in [5, 5.41) is 3.15. The average molecular weight is 337 g/mol. The summed E-state index contributed by atoms with van der Waals surface area (Å²) in [6, 6.07) is 6.63. The number of methoxy groups -OCH3 is 2. The van der Waals surface area contributed by atoms with E-state index in [-0.39, 0.29) is 12.3 Å². The molecule has 7 heteroatoms. The third-order valence-electron chi connectivity index (χ3n) is 3.31. The number of hydrogen-bond acceptors (Lipinski definition) is 4. The van der Waals surface area contributed by atoms with Crippen molar-refractivity contribution in [1.82, 2.24) is 4.57 Å². The fourth-order valence-electron chi connectivity index (χ4n) is 2.13. The SMILES string of the molecule is COc1cc(NC(=O)CCn2cccc2C=O)c(OC)cc1Cl. The second kappa shape index (κ2) is 7.69. The molecule has 6 nitrogen and oxygen atoms in total. The van der Waals surface area contributed by atoms with Crippen LogP contribution in [0.2, 0.25) is 5.02 Å². The fraction of sp³-hybridized carbons (Fsp3) is 0.250. The first-order valence-electron chi connectivity index (χ1n) is 6.90. The van der Waals surface area contributed by atoms with Gasteiger partial charge >= 0.3 is 0 Å². The van der Waals surface area contributed by atoms with Crippen molar-refractivity contribution in [3.05, 3.63) is 41.2 Å². The van der Waals surface area contributed by atoms with Crippen molar-refractivity contribution in [2.45, 2.75) is 13.0 Å². The van der Waals surface area contributed by atoms with Gasteiger partial charge in [-0.1, -0.05) is 11.6 Å². The molecule has 0 aliphatic rings. The summed E-state index contributed by atoms with van der Waals surface area (Å²) in [5.74, 6) is 0.674. The van der Waals surface area contributed by atoms with Crippen molar-refractivity contribution >= 4 is 29.5 Å². The van der Waals surface area contributed by atoms with E-state index in [1.807, 2.05) is 0 Å². The standard InChI is InChI=1S/C16H17ClN2O4/c1-22-14-9-13(15(23-2)8-12(14)17)18-16(21)5-7-19-6-3-4-11(19)10-20/h3-4,6,8-10H,5,7H2,1-2H3,(H,18,21). The summed E-state index contributed by atoms with van der Waals surface area (Å²) in [6.45, 7) is 0.403. The Kier molecular flexibility index (Phi) is 5.65. The van der Waals surface area contributed by atoms with Gasteiger partial charge in [0.2, 0.25) is 5.91 Å². The van der Waals surface area contributed by atoms with Gasteiger partial charge in [0.1, 0.15) is 11.5 Å². The lowest BCUT2D eigenvalue weighted by atomic mass is 10.2. The van der Waals surface area contributed by atoms with E-state index in [2.05, 4.69) is 5.32 Å². The Morgan fingerprint density at radius 3 is 2.70 bits per heavy atom. The highest BCUT2D eigenvalue weighted by Crippen LogP contribution is 2.35. The lowest BCUT2D eigenvalue weighted by molar-refractivity contribution is -0.116. The molecule has 0 unspecified atom stereocenters. The van der Waals surface area contributed by atoms with Gasteiger partial charge in [0, 0.05) is 31.3 Å². The minimum atomic E-state index is -0.210.